The molecule has 0 aliphatic rings. The van der Waals surface area contributed by atoms with Crippen LogP contribution in [0.4, 0.5) is 0 Å². The van der Waals surface area contributed by atoms with Crippen molar-refractivity contribution in [3.63, 3.8) is 0 Å². The molecule has 5 heteroatoms. The van der Waals surface area contributed by atoms with Gasteiger partial charge in [-0.05, 0) is 56.2 Å². The lowest BCUT2D eigenvalue weighted by Gasteiger charge is -2.16. The molecule has 0 aliphatic heterocycles. The van der Waals surface area contributed by atoms with Crippen molar-refractivity contribution in [2.75, 3.05) is 34.2 Å². The van der Waals surface area contributed by atoms with Gasteiger partial charge in [0.2, 0.25) is 5.91 Å². The summed E-state index contributed by atoms with van der Waals surface area (Å²) < 4.78 is 0. The van der Waals surface area contributed by atoms with Crippen molar-refractivity contribution in [2.24, 2.45) is 5.73 Å². The number of nitrogens with zero attached hydrogens (tertiary/aromatic N) is 2. The third-order valence-corrected chi connectivity index (χ3v) is 4.75. The summed E-state index contributed by atoms with van der Waals surface area (Å²) in [7, 11) is 5.84. The Hall–Kier alpha value is -2.50. The van der Waals surface area contributed by atoms with E-state index in [9.17, 15) is 9.59 Å². The number of Topliss-reactive ketones (excluding diaryl/α,β-unsaturated/α-hetero) is 1. The zero-order valence-electron chi connectivity index (χ0n) is 17.1. The highest BCUT2D eigenvalue weighted by Gasteiger charge is 2.09. The molecule has 5 nitrogen and oxygen atoms in total. The molecule has 0 saturated carbocycles. The van der Waals surface area contributed by atoms with Crippen molar-refractivity contribution < 1.29 is 9.59 Å². The highest BCUT2D eigenvalue weighted by Crippen LogP contribution is 2.22. The number of ketones is 1. The summed E-state index contributed by atoms with van der Waals surface area (Å²) in [5.74, 6) is 0.111. The number of rotatable bonds is 10. The van der Waals surface area contributed by atoms with E-state index in [0.29, 0.717) is 13.0 Å². The third-order valence-electron chi connectivity index (χ3n) is 4.75. The number of unbranched alkanes of at least 4 members (excludes halogenated alkanes) is 1. The lowest BCUT2D eigenvalue weighted by atomic mass is 9.99. The molecule has 1 amide bonds. The predicted molar refractivity (Wildman–Crippen MR) is 114 cm³/mol. The Bertz CT molecular complexity index is 785. The van der Waals surface area contributed by atoms with Crippen LogP contribution >= 0.6 is 0 Å². The average Bonchev–Trinajstić information content (AvgIpc) is 2.70. The van der Waals surface area contributed by atoms with E-state index in [0.717, 1.165) is 41.6 Å². The van der Waals surface area contributed by atoms with Gasteiger partial charge in [-0.1, -0.05) is 42.5 Å². The molecule has 2 rings (SSSR count). The van der Waals surface area contributed by atoms with Crippen LogP contribution in [0.25, 0.3) is 11.1 Å². The molecule has 0 fully saturated rings. The summed E-state index contributed by atoms with van der Waals surface area (Å²) in [6.45, 7) is 1.54. The predicted octanol–water partition coefficient (Wildman–Crippen LogP) is 3.19. The number of carbonyl (C=O) groups excluding carboxylic acids is 2. The SMILES string of the molecule is CN(C)CCCCC(=O)c1ccc(-c2cccc(CN(C)C(=O)CN)c2)cc1. The number of likely N-dealkylation sites (N-methyl/N-ethyl adjacent to an activating group) is 1. The minimum absolute atomic E-state index is 0.0147. The fraction of sp³-hybridized carbons (Fsp3) is 0.391. The van der Waals surface area contributed by atoms with E-state index in [4.69, 9.17) is 5.73 Å². The van der Waals surface area contributed by atoms with E-state index < -0.39 is 0 Å². The van der Waals surface area contributed by atoms with Gasteiger partial charge in [0.05, 0.1) is 6.54 Å². The lowest BCUT2D eigenvalue weighted by Crippen LogP contribution is -2.32. The molecule has 0 bridgehead atoms. The molecule has 2 aromatic rings. The first kappa shape index (κ1) is 21.8. The van der Waals surface area contributed by atoms with Crippen molar-refractivity contribution in [1.82, 2.24) is 9.80 Å². The van der Waals surface area contributed by atoms with Crippen molar-refractivity contribution in [3.8, 4) is 11.1 Å². The average molecular weight is 382 g/mol. The van der Waals surface area contributed by atoms with Crippen LogP contribution in [0.15, 0.2) is 48.5 Å². The molecule has 0 saturated heterocycles. The van der Waals surface area contributed by atoms with Gasteiger partial charge in [0.15, 0.2) is 5.78 Å². The van der Waals surface area contributed by atoms with Gasteiger partial charge >= 0.3 is 0 Å². The van der Waals surface area contributed by atoms with Crippen LogP contribution in [0, 0.1) is 0 Å². The topological polar surface area (TPSA) is 66.6 Å². The molecular weight excluding hydrogens is 350 g/mol. The van der Waals surface area contributed by atoms with Crippen molar-refractivity contribution in [2.45, 2.75) is 25.8 Å². The third kappa shape index (κ3) is 6.59. The molecule has 0 unspecified atom stereocenters. The summed E-state index contributed by atoms with van der Waals surface area (Å²) in [6, 6.07) is 15.9. The number of carbonyl (C=O) groups is 2. The number of hydrogen-bond acceptors (Lipinski definition) is 4. The normalized spacial score (nSPS) is 10.9. The van der Waals surface area contributed by atoms with Crippen LogP contribution in [0.3, 0.4) is 0 Å². The highest BCUT2D eigenvalue weighted by atomic mass is 16.2. The summed E-state index contributed by atoms with van der Waals surface area (Å²) in [4.78, 5) is 27.8. The first-order chi connectivity index (χ1) is 13.4. The molecule has 0 heterocycles. The van der Waals surface area contributed by atoms with Crippen molar-refractivity contribution >= 4 is 11.7 Å². The van der Waals surface area contributed by atoms with Crippen molar-refractivity contribution in [1.29, 1.82) is 0 Å². The zero-order valence-corrected chi connectivity index (χ0v) is 17.1. The molecule has 0 atom stereocenters. The number of benzene rings is 2. The summed E-state index contributed by atoms with van der Waals surface area (Å²) >= 11 is 0. The van der Waals surface area contributed by atoms with E-state index >= 15 is 0 Å². The van der Waals surface area contributed by atoms with Gasteiger partial charge in [-0.2, -0.15) is 0 Å². The van der Waals surface area contributed by atoms with Crippen molar-refractivity contribution in [3.05, 3.63) is 59.7 Å². The van der Waals surface area contributed by atoms with Gasteiger partial charge < -0.3 is 15.5 Å². The monoisotopic (exact) mass is 381 g/mol. The van der Waals surface area contributed by atoms with Gasteiger partial charge in [0.25, 0.3) is 0 Å². The van der Waals surface area contributed by atoms with Crippen LogP contribution in [0.5, 0.6) is 0 Å². The summed E-state index contributed by atoms with van der Waals surface area (Å²) in [5.41, 5.74) is 9.34. The van der Waals surface area contributed by atoms with Crippen LogP contribution in [0.1, 0.15) is 35.2 Å². The number of amides is 1. The van der Waals surface area contributed by atoms with E-state index in [1.54, 1.807) is 11.9 Å². The molecule has 150 valence electrons. The smallest absolute Gasteiger partial charge is 0.236 e. The molecule has 0 aliphatic carbocycles. The maximum absolute atomic E-state index is 12.3. The Morgan fingerprint density at radius 3 is 2.29 bits per heavy atom. The molecule has 2 N–H and O–H groups in total. The molecule has 0 spiro atoms. The van der Waals surface area contributed by atoms with Gasteiger partial charge in [0.1, 0.15) is 0 Å². The Morgan fingerprint density at radius 1 is 0.929 bits per heavy atom. The maximum atomic E-state index is 12.3. The highest BCUT2D eigenvalue weighted by molar-refractivity contribution is 5.96. The standard InChI is InChI=1S/C23H31N3O2/c1-25(2)14-5-4-9-22(27)20-12-10-19(11-13-20)21-8-6-7-18(15-21)17-26(3)23(28)16-24/h6-8,10-13,15H,4-5,9,14,16-17,24H2,1-3H3. The Labute approximate surface area is 168 Å². The largest absolute Gasteiger partial charge is 0.340 e. The first-order valence-corrected chi connectivity index (χ1v) is 9.72. The maximum Gasteiger partial charge on any atom is 0.236 e. The molecule has 0 radical (unpaired) electrons. The Kier molecular flexibility index (Phi) is 8.36. The second-order valence-corrected chi connectivity index (χ2v) is 7.42. The molecule has 0 aromatic heterocycles. The first-order valence-electron chi connectivity index (χ1n) is 9.72. The molecular formula is C23H31N3O2. The number of hydrogen-bond donors (Lipinski definition) is 1. The van der Waals surface area contributed by atoms with E-state index in [2.05, 4.69) is 11.0 Å². The van der Waals surface area contributed by atoms with Gasteiger partial charge in [-0.3, -0.25) is 9.59 Å². The van der Waals surface area contributed by atoms with Gasteiger partial charge in [0, 0.05) is 25.6 Å². The number of nitrogens with two attached hydrogens (primary N) is 1. The van der Waals surface area contributed by atoms with Gasteiger partial charge in [-0.15, -0.1) is 0 Å². The van der Waals surface area contributed by atoms with E-state index in [1.165, 1.54) is 0 Å². The van der Waals surface area contributed by atoms with Crippen LogP contribution in [-0.2, 0) is 11.3 Å². The lowest BCUT2D eigenvalue weighted by molar-refractivity contribution is -0.128. The second kappa shape index (κ2) is 10.7. The second-order valence-electron chi connectivity index (χ2n) is 7.42. The Morgan fingerprint density at radius 2 is 1.64 bits per heavy atom. The Balaban J connectivity index is 2.00. The molecule has 2 aromatic carbocycles. The fourth-order valence-electron chi connectivity index (χ4n) is 3.07. The minimum Gasteiger partial charge on any atom is -0.340 e. The van der Waals surface area contributed by atoms with E-state index in [1.807, 2.05) is 56.6 Å². The quantitative estimate of drug-likeness (QED) is 0.507. The summed E-state index contributed by atoms with van der Waals surface area (Å²) in [6.07, 6.45) is 2.53. The minimum atomic E-state index is -0.0844. The molecule has 28 heavy (non-hydrogen) atoms. The van der Waals surface area contributed by atoms with E-state index in [-0.39, 0.29) is 18.2 Å². The van der Waals surface area contributed by atoms with Crippen LogP contribution < -0.4 is 5.73 Å². The zero-order chi connectivity index (χ0) is 20.5. The van der Waals surface area contributed by atoms with Crippen LogP contribution in [0.2, 0.25) is 0 Å². The summed E-state index contributed by atoms with van der Waals surface area (Å²) in [5, 5.41) is 0. The van der Waals surface area contributed by atoms with Gasteiger partial charge in [-0.25, -0.2) is 0 Å². The van der Waals surface area contributed by atoms with Crippen LogP contribution in [-0.4, -0.2) is 55.7 Å². The fourth-order valence-corrected chi connectivity index (χ4v) is 3.07.